The Balaban J connectivity index is 2.01. The van der Waals surface area contributed by atoms with Crippen LogP contribution in [0.15, 0.2) is 35.2 Å². The van der Waals surface area contributed by atoms with Gasteiger partial charge >= 0.3 is 5.97 Å². The lowest BCUT2D eigenvalue weighted by Gasteiger charge is -2.18. The number of aryl methyl sites for hydroxylation is 1. The lowest BCUT2D eigenvalue weighted by atomic mass is 10.0. The summed E-state index contributed by atoms with van der Waals surface area (Å²) in [5, 5.41) is 14.1. The maximum absolute atomic E-state index is 12.0. The van der Waals surface area contributed by atoms with Crippen molar-refractivity contribution in [2.45, 2.75) is 25.3 Å². The average Bonchev–Trinajstić information content (AvgIpc) is 2.98. The third kappa shape index (κ3) is 4.82. The second kappa shape index (κ2) is 7.91. The van der Waals surface area contributed by atoms with E-state index in [2.05, 4.69) is 10.3 Å². The number of amides is 1. The Bertz CT molecular complexity index is 646. The molecule has 2 aromatic rings. The Morgan fingerprint density at radius 3 is 2.77 bits per heavy atom. The number of rotatable bonds is 7. The minimum Gasteiger partial charge on any atom is -0.481 e. The Morgan fingerprint density at radius 1 is 1.36 bits per heavy atom. The van der Waals surface area contributed by atoms with E-state index in [1.54, 1.807) is 29.8 Å². The van der Waals surface area contributed by atoms with E-state index in [-0.39, 0.29) is 18.7 Å². The maximum Gasteiger partial charge on any atom is 0.305 e. The summed E-state index contributed by atoms with van der Waals surface area (Å²) in [6.45, 7) is 0. The molecule has 1 aromatic carbocycles. The number of nitrogens with one attached hydrogen (secondary N) is 1. The van der Waals surface area contributed by atoms with E-state index in [1.807, 2.05) is 5.38 Å². The number of carboxylic acid groups (broad SMARTS) is 1. The summed E-state index contributed by atoms with van der Waals surface area (Å²) in [7, 11) is 0. The van der Waals surface area contributed by atoms with Crippen LogP contribution in [0.4, 0.5) is 0 Å². The highest BCUT2D eigenvalue weighted by atomic mass is 35.5. The minimum atomic E-state index is -0.996. The van der Waals surface area contributed by atoms with Gasteiger partial charge in [-0.2, -0.15) is 0 Å². The largest absolute Gasteiger partial charge is 0.481 e. The van der Waals surface area contributed by atoms with E-state index < -0.39 is 12.0 Å². The summed E-state index contributed by atoms with van der Waals surface area (Å²) in [6.07, 6.45) is 0.564. The molecule has 0 spiro atoms. The van der Waals surface area contributed by atoms with Crippen LogP contribution in [0.1, 0.15) is 30.1 Å². The Kier molecular flexibility index (Phi) is 5.91. The number of hydrogen-bond acceptors (Lipinski definition) is 4. The summed E-state index contributed by atoms with van der Waals surface area (Å²) in [6, 6.07) is 6.27. The van der Waals surface area contributed by atoms with Gasteiger partial charge in [0.2, 0.25) is 5.91 Å². The van der Waals surface area contributed by atoms with E-state index in [4.69, 9.17) is 16.7 Å². The summed E-state index contributed by atoms with van der Waals surface area (Å²) in [4.78, 5) is 27.2. The van der Waals surface area contributed by atoms with Crippen molar-refractivity contribution in [3.8, 4) is 0 Å². The normalized spacial score (nSPS) is 11.9. The van der Waals surface area contributed by atoms with Crippen LogP contribution in [0.2, 0.25) is 5.02 Å². The number of thiazole rings is 1. The zero-order valence-electron chi connectivity index (χ0n) is 11.7. The van der Waals surface area contributed by atoms with Crippen LogP contribution in [-0.2, 0) is 16.0 Å². The monoisotopic (exact) mass is 338 g/mol. The standard InChI is InChI=1S/C15H15ClN2O3S/c16-12-4-2-1-3-11(12)13(7-15(20)21)18-14(19)6-5-10-8-22-9-17-10/h1-4,8-9,13H,5-7H2,(H,18,19)(H,20,21). The number of hydrogen-bond donors (Lipinski definition) is 2. The Morgan fingerprint density at radius 2 is 2.14 bits per heavy atom. The van der Waals surface area contributed by atoms with Crippen molar-refractivity contribution in [3.05, 3.63) is 51.4 Å². The molecule has 2 N–H and O–H groups in total. The van der Waals surface area contributed by atoms with Gasteiger partial charge in [0.15, 0.2) is 0 Å². The number of aliphatic carboxylic acids is 1. The molecule has 22 heavy (non-hydrogen) atoms. The van der Waals surface area contributed by atoms with E-state index in [0.717, 1.165) is 5.69 Å². The lowest BCUT2D eigenvalue weighted by molar-refractivity contribution is -0.137. The molecule has 1 amide bonds. The predicted octanol–water partition coefficient (Wildman–Crippen LogP) is 3.06. The molecule has 0 aliphatic rings. The van der Waals surface area contributed by atoms with Gasteiger partial charge < -0.3 is 10.4 Å². The van der Waals surface area contributed by atoms with Crippen LogP contribution in [0.3, 0.4) is 0 Å². The van der Waals surface area contributed by atoms with Gasteiger partial charge in [0.05, 0.1) is 23.7 Å². The van der Waals surface area contributed by atoms with E-state index in [1.165, 1.54) is 11.3 Å². The van der Waals surface area contributed by atoms with Crippen LogP contribution in [0.5, 0.6) is 0 Å². The number of nitrogens with zero attached hydrogens (tertiary/aromatic N) is 1. The third-order valence-electron chi connectivity index (χ3n) is 3.09. The number of halogens is 1. The molecule has 2 rings (SSSR count). The fourth-order valence-corrected chi connectivity index (χ4v) is 2.90. The zero-order valence-corrected chi connectivity index (χ0v) is 13.2. The lowest BCUT2D eigenvalue weighted by Crippen LogP contribution is -2.30. The smallest absolute Gasteiger partial charge is 0.305 e. The molecule has 0 bridgehead atoms. The average molecular weight is 339 g/mol. The molecule has 0 radical (unpaired) electrons. The van der Waals surface area contributed by atoms with Gasteiger partial charge in [0.25, 0.3) is 0 Å². The fraction of sp³-hybridized carbons (Fsp3) is 0.267. The van der Waals surface area contributed by atoms with Crippen molar-refractivity contribution in [1.29, 1.82) is 0 Å². The molecule has 0 fully saturated rings. The molecular weight excluding hydrogens is 324 g/mol. The number of carboxylic acids is 1. The van der Waals surface area contributed by atoms with Gasteiger partial charge in [-0.3, -0.25) is 9.59 Å². The highest BCUT2D eigenvalue weighted by Crippen LogP contribution is 2.25. The first-order valence-corrected chi connectivity index (χ1v) is 8.01. The maximum atomic E-state index is 12.0. The molecule has 0 aliphatic heterocycles. The van der Waals surface area contributed by atoms with Crippen LogP contribution >= 0.6 is 22.9 Å². The SMILES string of the molecule is O=C(O)CC(NC(=O)CCc1cscn1)c1ccccc1Cl. The van der Waals surface area contributed by atoms with Crippen LogP contribution in [-0.4, -0.2) is 22.0 Å². The van der Waals surface area contributed by atoms with Crippen molar-refractivity contribution < 1.29 is 14.7 Å². The molecule has 7 heteroatoms. The molecule has 0 aliphatic carbocycles. The molecule has 5 nitrogen and oxygen atoms in total. The van der Waals surface area contributed by atoms with Crippen molar-refractivity contribution in [2.24, 2.45) is 0 Å². The van der Waals surface area contributed by atoms with Crippen molar-refractivity contribution in [3.63, 3.8) is 0 Å². The van der Waals surface area contributed by atoms with Gasteiger partial charge in [-0.25, -0.2) is 4.98 Å². The van der Waals surface area contributed by atoms with Crippen molar-refractivity contribution in [1.82, 2.24) is 10.3 Å². The minimum absolute atomic E-state index is 0.216. The molecule has 1 heterocycles. The molecule has 0 saturated heterocycles. The van der Waals surface area contributed by atoms with Crippen LogP contribution < -0.4 is 5.32 Å². The van der Waals surface area contributed by atoms with Crippen molar-refractivity contribution >= 4 is 34.8 Å². The van der Waals surface area contributed by atoms with E-state index >= 15 is 0 Å². The summed E-state index contributed by atoms with van der Waals surface area (Å²) >= 11 is 7.57. The highest BCUT2D eigenvalue weighted by Gasteiger charge is 2.20. The Hall–Kier alpha value is -1.92. The molecular formula is C15H15ClN2O3S. The predicted molar refractivity (Wildman–Crippen MR) is 85.0 cm³/mol. The van der Waals surface area contributed by atoms with Gasteiger partial charge in [-0.1, -0.05) is 29.8 Å². The van der Waals surface area contributed by atoms with Gasteiger partial charge in [0, 0.05) is 16.8 Å². The zero-order chi connectivity index (χ0) is 15.9. The van der Waals surface area contributed by atoms with Crippen molar-refractivity contribution in [2.75, 3.05) is 0 Å². The number of aromatic nitrogens is 1. The van der Waals surface area contributed by atoms with E-state index in [9.17, 15) is 9.59 Å². The summed E-state index contributed by atoms with van der Waals surface area (Å²) in [5.41, 5.74) is 3.17. The molecule has 0 saturated carbocycles. The number of carbonyl (C=O) groups is 2. The highest BCUT2D eigenvalue weighted by molar-refractivity contribution is 7.07. The summed E-state index contributed by atoms with van der Waals surface area (Å²) in [5.74, 6) is -1.22. The summed E-state index contributed by atoms with van der Waals surface area (Å²) < 4.78 is 0. The van der Waals surface area contributed by atoms with Crippen LogP contribution in [0.25, 0.3) is 0 Å². The second-order valence-corrected chi connectivity index (χ2v) is 5.85. The number of carbonyl (C=O) groups excluding carboxylic acids is 1. The topological polar surface area (TPSA) is 79.3 Å². The van der Waals surface area contributed by atoms with Gasteiger partial charge in [-0.15, -0.1) is 11.3 Å². The Labute approximate surface area is 137 Å². The van der Waals surface area contributed by atoms with Gasteiger partial charge in [-0.05, 0) is 18.1 Å². The second-order valence-electron chi connectivity index (χ2n) is 4.72. The molecule has 1 unspecified atom stereocenters. The first kappa shape index (κ1) is 16.5. The quantitative estimate of drug-likeness (QED) is 0.813. The third-order valence-corrected chi connectivity index (χ3v) is 4.07. The molecule has 1 aromatic heterocycles. The van der Waals surface area contributed by atoms with E-state index in [0.29, 0.717) is 17.0 Å². The fourth-order valence-electron chi connectivity index (χ4n) is 2.04. The van der Waals surface area contributed by atoms with Crippen LogP contribution in [0, 0.1) is 0 Å². The first-order valence-electron chi connectivity index (χ1n) is 6.69. The molecule has 1 atom stereocenters. The number of benzene rings is 1. The van der Waals surface area contributed by atoms with Gasteiger partial charge in [0.1, 0.15) is 0 Å². The first-order chi connectivity index (χ1) is 10.6. The molecule has 116 valence electrons.